The van der Waals surface area contributed by atoms with Crippen molar-refractivity contribution in [1.82, 2.24) is 0 Å². The number of benzene rings is 1. The second kappa shape index (κ2) is 5.40. The number of nitriles is 1. The molecule has 0 unspecified atom stereocenters. The van der Waals surface area contributed by atoms with Crippen molar-refractivity contribution in [3.63, 3.8) is 0 Å². The zero-order valence-electron chi connectivity index (χ0n) is 9.14. The van der Waals surface area contributed by atoms with Gasteiger partial charge in [-0.3, -0.25) is 0 Å². The quantitative estimate of drug-likeness (QED) is 0.783. The molecular weight excluding hydrogens is 315 g/mol. The van der Waals surface area contributed by atoms with Crippen LogP contribution in [-0.2, 0) is 10.9 Å². The number of carbonyl (C=O) groups is 1. The molecule has 7 heteroatoms. The maximum Gasteiger partial charge on any atom is 0.417 e. The molecule has 0 spiro atoms. The summed E-state index contributed by atoms with van der Waals surface area (Å²) in [6.45, 7) is 1.59. The van der Waals surface area contributed by atoms with Crippen LogP contribution in [0.2, 0.25) is 0 Å². The summed E-state index contributed by atoms with van der Waals surface area (Å²) in [5, 5.41) is 8.65. The molecule has 0 atom stereocenters. The molecule has 0 bridgehead atoms. The van der Waals surface area contributed by atoms with E-state index in [1.807, 2.05) is 0 Å². The van der Waals surface area contributed by atoms with Crippen molar-refractivity contribution in [3.8, 4) is 6.07 Å². The summed E-state index contributed by atoms with van der Waals surface area (Å²) in [7, 11) is 0. The molecule has 0 aromatic heterocycles. The van der Waals surface area contributed by atoms with Crippen LogP contribution >= 0.6 is 15.9 Å². The van der Waals surface area contributed by atoms with E-state index >= 15 is 0 Å². The van der Waals surface area contributed by atoms with Crippen molar-refractivity contribution < 1.29 is 22.7 Å². The summed E-state index contributed by atoms with van der Waals surface area (Å²) in [6, 6.07) is 3.00. The number of halogens is 4. The zero-order valence-corrected chi connectivity index (χ0v) is 10.7. The number of ether oxygens (including phenoxy) is 1. The molecule has 1 rings (SSSR count). The van der Waals surface area contributed by atoms with Crippen LogP contribution in [0.3, 0.4) is 0 Å². The third kappa shape index (κ3) is 3.01. The lowest BCUT2D eigenvalue weighted by molar-refractivity contribution is -0.137. The van der Waals surface area contributed by atoms with Crippen molar-refractivity contribution >= 4 is 21.9 Å². The highest BCUT2D eigenvalue weighted by Gasteiger charge is 2.35. The lowest BCUT2D eigenvalue weighted by Gasteiger charge is -2.12. The van der Waals surface area contributed by atoms with Crippen LogP contribution in [0.1, 0.15) is 28.4 Å². The predicted molar refractivity (Wildman–Crippen MR) is 59.8 cm³/mol. The first-order valence-electron chi connectivity index (χ1n) is 4.79. The van der Waals surface area contributed by atoms with Crippen LogP contribution in [0.25, 0.3) is 0 Å². The molecule has 0 aliphatic carbocycles. The standard InChI is InChI=1S/C11H7BrF3NO2/c1-2-18-10(17)7-4-8(11(13,14)15)6(5-16)3-9(7)12/h3-4H,2H2,1H3. The second-order valence-corrected chi connectivity index (χ2v) is 4.06. The highest BCUT2D eigenvalue weighted by molar-refractivity contribution is 9.10. The molecule has 0 aliphatic heterocycles. The average molecular weight is 322 g/mol. The highest BCUT2D eigenvalue weighted by Crippen LogP contribution is 2.35. The Morgan fingerprint density at radius 3 is 2.56 bits per heavy atom. The van der Waals surface area contributed by atoms with Gasteiger partial charge in [-0.2, -0.15) is 18.4 Å². The van der Waals surface area contributed by atoms with Gasteiger partial charge in [-0.15, -0.1) is 0 Å². The molecule has 3 nitrogen and oxygen atoms in total. The molecule has 0 saturated heterocycles. The van der Waals surface area contributed by atoms with Crippen LogP contribution in [0, 0.1) is 11.3 Å². The highest BCUT2D eigenvalue weighted by atomic mass is 79.9. The summed E-state index contributed by atoms with van der Waals surface area (Å²) in [4.78, 5) is 11.4. The number of carbonyl (C=O) groups excluding carboxylic acids is 1. The number of nitrogens with zero attached hydrogens (tertiary/aromatic N) is 1. The van der Waals surface area contributed by atoms with E-state index in [0.29, 0.717) is 6.07 Å². The number of hydrogen-bond acceptors (Lipinski definition) is 3. The Hall–Kier alpha value is -1.55. The molecule has 1 aromatic carbocycles. The number of esters is 1. The third-order valence-electron chi connectivity index (χ3n) is 2.03. The first-order chi connectivity index (χ1) is 8.31. The minimum atomic E-state index is -4.70. The summed E-state index contributed by atoms with van der Waals surface area (Å²) in [5.74, 6) is -0.876. The van der Waals surface area contributed by atoms with Gasteiger partial charge >= 0.3 is 12.1 Å². The van der Waals surface area contributed by atoms with Gasteiger partial charge in [-0.1, -0.05) is 0 Å². The summed E-state index contributed by atoms with van der Waals surface area (Å²) in [5.41, 5.74) is -1.97. The smallest absolute Gasteiger partial charge is 0.417 e. The number of hydrogen-bond donors (Lipinski definition) is 0. The van der Waals surface area contributed by atoms with Crippen LogP contribution in [0.4, 0.5) is 13.2 Å². The maximum absolute atomic E-state index is 12.7. The van der Waals surface area contributed by atoms with Gasteiger partial charge in [-0.05, 0) is 35.0 Å². The van der Waals surface area contributed by atoms with Crippen LogP contribution in [-0.4, -0.2) is 12.6 Å². The topological polar surface area (TPSA) is 50.1 Å². The second-order valence-electron chi connectivity index (χ2n) is 3.21. The SMILES string of the molecule is CCOC(=O)c1cc(C(F)(F)F)c(C#N)cc1Br. The van der Waals surface area contributed by atoms with Crippen molar-refractivity contribution in [3.05, 3.63) is 33.3 Å². The molecule has 0 N–H and O–H groups in total. The van der Waals surface area contributed by atoms with Gasteiger partial charge in [-0.25, -0.2) is 4.79 Å². The van der Waals surface area contributed by atoms with Gasteiger partial charge < -0.3 is 4.74 Å². The molecule has 0 fully saturated rings. The Kier molecular flexibility index (Phi) is 4.35. The van der Waals surface area contributed by atoms with Gasteiger partial charge in [0.1, 0.15) is 0 Å². The van der Waals surface area contributed by atoms with Gasteiger partial charge in [0.05, 0.1) is 29.4 Å². The molecule has 0 aliphatic rings. The lowest BCUT2D eigenvalue weighted by Crippen LogP contribution is -2.12. The summed E-state index contributed by atoms with van der Waals surface area (Å²) >= 11 is 2.94. The van der Waals surface area contributed by atoms with E-state index in [1.54, 1.807) is 6.92 Å². The zero-order chi connectivity index (χ0) is 13.9. The van der Waals surface area contributed by atoms with E-state index in [4.69, 9.17) is 5.26 Å². The molecule has 0 heterocycles. The first-order valence-corrected chi connectivity index (χ1v) is 5.58. The number of alkyl halides is 3. The average Bonchev–Trinajstić information content (AvgIpc) is 2.27. The minimum Gasteiger partial charge on any atom is -0.462 e. The molecule has 0 saturated carbocycles. The molecule has 18 heavy (non-hydrogen) atoms. The maximum atomic E-state index is 12.7. The van der Waals surface area contributed by atoms with Crippen LogP contribution in [0.5, 0.6) is 0 Å². The van der Waals surface area contributed by atoms with Crippen molar-refractivity contribution in [1.29, 1.82) is 5.26 Å². The molecule has 0 amide bonds. The predicted octanol–water partition coefficient (Wildman–Crippen LogP) is 3.52. The fourth-order valence-electron chi connectivity index (χ4n) is 1.27. The van der Waals surface area contributed by atoms with Crippen molar-refractivity contribution in [2.45, 2.75) is 13.1 Å². The molecule has 1 aromatic rings. The van der Waals surface area contributed by atoms with Gasteiger partial charge in [0.15, 0.2) is 0 Å². The minimum absolute atomic E-state index is 0.0482. The molecular formula is C11H7BrF3NO2. The fraction of sp³-hybridized carbons (Fsp3) is 0.273. The largest absolute Gasteiger partial charge is 0.462 e. The first kappa shape index (κ1) is 14.5. The van der Waals surface area contributed by atoms with Crippen molar-refractivity contribution in [2.24, 2.45) is 0 Å². The van der Waals surface area contributed by atoms with E-state index in [9.17, 15) is 18.0 Å². The number of rotatable bonds is 2. The summed E-state index contributed by atoms with van der Waals surface area (Å²) < 4.78 is 42.8. The van der Waals surface area contributed by atoms with E-state index in [1.165, 1.54) is 6.07 Å². The van der Waals surface area contributed by atoms with E-state index in [-0.39, 0.29) is 16.6 Å². The van der Waals surface area contributed by atoms with Gasteiger partial charge in [0, 0.05) is 4.47 Å². The van der Waals surface area contributed by atoms with Crippen LogP contribution in [0.15, 0.2) is 16.6 Å². The van der Waals surface area contributed by atoms with Gasteiger partial charge in [0.25, 0.3) is 0 Å². The van der Waals surface area contributed by atoms with Crippen LogP contribution < -0.4 is 0 Å². The normalized spacial score (nSPS) is 10.9. The summed E-state index contributed by atoms with van der Waals surface area (Å²) in [6.07, 6.45) is -4.70. The van der Waals surface area contributed by atoms with Crippen molar-refractivity contribution in [2.75, 3.05) is 6.61 Å². The molecule has 96 valence electrons. The van der Waals surface area contributed by atoms with E-state index < -0.39 is 23.3 Å². The Morgan fingerprint density at radius 1 is 1.50 bits per heavy atom. The van der Waals surface area contributed by atoms with Gasteiger partial charge in [0.2, 0.25) is 0 Å². The fourth-order valence-corrected chi connectivity index (χ4v) is 1.77. The van der Waals surface area contributed by atoms with E-state index in [0.717, 1.165) is 6.07 Å². The Balaban J connectivity index is 3.41. The Labute approximate surface area is 109 Å². The lowest BCUT2D eigenvalue weighted by atomic mass is 10.0. The Morgan fingerprint density at radius 2 is 2.11 bits per heavy atom. The third-order valence-corrected chi connectivity index (χ3v) is 2.68. The van der Waals surface area contributed by atoms with E-state index in [2.05, 4.69) is 20.7 Å². The molecule has 0 radical (unpaired) electrons. The Bertz CT molecular complexity index is 520. The monoisotopic (exact) mass is 321 g/mol.